The monoisotopic (exact) mass is 317 g/mol. The normalized spacial score (nSPS) is 11.0. The summed E-state index contributed by atoms with van der Waals surface area (Å²) in [7, 11) is 0. The molecule has 3 aromatic rings. The van der Waals surface area contributed by atoms with Crippen molar-refractivity contribution in [3.8, 4) is 11.1 Å². The van der Waals surface area contributed by atoms with Gasteiger partial charge in [-0.2, -0.15) is 0 Å². The van der Waals surface area contributed by atoms with Crippen molar-refractivity contribution < 1.29 is 14.3 Å². The fourth-order valence-corrected chi connectivity index (χ4v) is 3.36. The van der Waals surface area contributed by atoms with Gasteiger partial charge in [-0.05, 0) is 24.6 Å². The maximum atomic E-state index is 13.1. The lowest BCUT2D eigenvalue weighted by atomic mass is 10.0. The number of carbonyl (C=O) groups excluding carboxylic acids is 1. The van der Waals surface area contributed by atoms with Gasteiger partial charge in [-0.25, -0.2) is 9.37 Å². The number of carboxylic acid groups (broad SMARTS) is 1. The molecule has 7 heteroatoms. The van der Waals surface area contributed by atoms with Crippen LogP contribution in [0.25, 0.3) is 21.3 Å². The number of carbonyl (C=O) groups is 1. The molecule has 3 rings (SSSR count). The number of hydrogen-bond donors (Lipinski definition) is 0. The van der Waals surface area contributed by atoms with Gasteiger partial charge in [0.25, 0.3) is 5.56 Å². The van der Waals surface area contributed by atoms with Crippen molar-refractivity contribution >= 4 is 27.5 Å². The lowest BCUT2D eigenvalue weighted by Crippen LogP contribution is -2.32. The zero-order valence-electron chi connectivity index (χ0n) is 11.5. The second-order valence-electron chi connectivity index (χ2n) is 4.77. The first-order valence-corrected chi connectivity index (χ1v) is 7.23. The molecular weight excluding hydrogens is 307 g/mol. The zero-order valence-corrected chi connectivity index (χ0v) is 12.3. The lowest BCUT2D eigenvalue weighted by molar-refractivity contribution is -0.306. The molecule has 0 spiro atoms. The molecule has 2 heterocycles. The smallest absolute Gasteiger partial charge is 0.263 e. The van der Waals surface area contributed by atoms with Gasteiger partial charge < -0.3 is 9.90 Å². The SMILES string of the molecule is Cc1sc2ncn(CC(=O)[O-])c(=O)c2c1-c1ccc(F)cc1. The second-order valence-corrected chi connectivity index (χ2v) is 5.97. The minimum absolute atomic E-state index is 0.345. The summed E-state index contributed by atoms with van der Waals surface area (Å²) in [5.74, 6) is -1.73. The molecule has 0 fully saturated rings. The van der Waals surface area contributed by atoms with E-state index in [1.807, 2.05) is 6.92 Å². The molecule has 22 heavy (non-hydrogen) atoms. The van der Waals surface area contributed by atoms with Gasteiger partial charge in [-0.3, -0.25) is 9.36 Å². The molecule has 0 unspecified atom stereocenters. The Hall–Kier alpha value is -2.54. The molecule has 0 saturated heterocycles. The average Bonchev–Trinajstić information content (AvgIpc) is 2.80. The third kappa shape index (κ3) is 2.39. The number of aliphatic carboxylic acids is 1. The molecule has 0 N–H and O–H groups in total. The zero-order chi connectivity index (χ0) is 15.9. The number of benzene rings is 1. The molecule has 0 aliphatic heterocycles. The van der Waals surface area contributed by atoms with E-state index < -0.39 is 18.1 Å². The number of aryl methyl sites for hydroxylation is 1. The Morgan fingerprint density at radius 1 is 1.36 bits per heavy atom. The standard InChI is InChI=1S/C15H11FN2O3S/c1-8-12(9-2-4-10(16)5-3-9)13-14(22-8)17-7-18(15(13)21)6-11(19)20/h2-5,7H,6H2,1H3,(H,19,20)/p-1. The van der Waals surface area contributed by atoms with Crippen molar-refractivity contribution in [2.24, 2.45) is 0 Å². The minimum Gasteiger partial charge on any atom is -0.548 e. The number of hydrogen-bond acceptors (Lipinski definition) is 5. The second kappa shape index (κ2) is 5.34. The lowest BCUT2D eigenvalue weighted by Gasteiger charge is -2.07. The molecule has 0 aliphatic rings. The first kappa shape index (κ1) is 14.4. The maximum absolute atomic E-state index is 13.1. The molecule has 0 amide bonds. The molecule has 5 nitrogen and oxygen atoms in total. The van der Waals surface area contributed by atoms with Crippen LogP contribution in [-0.4, -0.2) is 15.5 Å². The van der Waals surface area contributed by atoms with E-state index in [4.69, 9.17) is 0 Å². The summed E-state index contributed by atoms with van der Waals surface area (Å²) in [6.07, 6.45) is 1.20. The average molecular weight is 317 g/mol. The molecule has 0 radical (unpaired) electrons. The summed E-state index contributed by atoms with van der Waals surface area (Å²) < 4.78 is 14.1. The van der Waals surface area contributed by atoms with Crippen LogP contribution in [-0.2, 0) is 11.3 Å². The topological polar surface area (TPSA) is 75.0 Å². The maximum Gasteiger partial charge on any atom is 0.263 e. The van der Waals surface area contributed by atoms with Gasteiger partial charge in [0.2, 0.25) is 0 Å². The Morgan fingerprint density at radius 3 is 2.68 bits per heavy atom. The van der Waals surface area contributed by atoms with Crippen molar-refractivity contribution in [1.29, 1.82) is 0 Å². The first-order chi connectivity index (χ1) is 10.5. The van der Waals surface area contributed by atoms with Gasteiger partial charge in [-0.1, -0.05) is 12.1 Å². The predicted molar refractivity (Wildman–Crippen MR) is 79.0 cm³/mol. The third-order valence-corrected chi connectivity index (χ3v) is 4.30. The number of nitrogens with zero attached hydrogens (tertiary/aromatic N) is 2. The van der Waals surface area contributed by atoms with Crippen LogP contribution in [0.5, 0.6) is 0 Å². The Balaban J connectivity index is 2.29. The van der Waals surface area contributed by atoms with Crippen molar-refractivity contribution in [2.45, 2.75) is 13.5 Å². The Labute approximate surface area is 128 Å². The van der Waals surface area contributed by atoms with Crippen LogP contribution >= 0.6 is 11.3 Å². The number of carboxylic acids is 1. The highest BCUT2D eigenvalue weighted by Crippen LogP contribution is 2.35. The number of aromatic nitrogens is 2. The highest BCUT2D eigenvalue weighted by atomic mass is 32.1. The Kier molecular flexibility index (Phi) is 3.50. The highest BCUT2D eigenvalue weighted by molar-refractivity contribution is 7.19. The summed E-state index contributed by atoms with van der Waals surface area (Å²) in [4.78, 5) is 28.7. The van der Waals surface area contributed by atoms with E-state index in [0.717, 1.165) is 9.44 Å². The van der Waals surface area contributed by atoms with E-state index in [9.17, 15) is 19.1 Å². The van der Waals surface area contributed by atoms with E-state index in [1.54, 1.807) is 12.1 Å². The molecule has 2 aromatic heterocycles. The Morgan fingerprint density at radius 2 is 2.05 bits per heavy atom. The fourth-order valence-electron chi connectivity index (χ4n) is 2.35. The van der Waals surface area contributed by atoms with E-state index in [2.05, 4.69) is 4.98 Å². The quantitative estimate of drug-likeness (QED) is 0.730. The van der Waals surface area contributed by atoms with Gasteiger partial charge in [0.15, 0.2) is 0 Å². The van der Waals surface area contributed by atoms with Gasteiger partial charge >= 0.3 is 0 Å². The predicted octanol–water partition coefficient (Wildman–Crippen LogP) is 1.32. The Bertz CT molecular complexity index is 928. The third-order valence-electron chi connectivity index (χ3n) is 3.29. The van der Waals surface area contributed by atoms with Crippen molar-refractivity contribution in [3.05, 3.63) is 51.6 Å². The van der Waals surface area contributed by atoms with Crippen molar-refractivity contribution in [1.82, 2.24) is 9.55 Å². The highest BCUT2D eigenvalue weighted by Gasteiger charge is 2.16. The van der Waals surface area contributed by atoms with Crippen LogP contribution in [0.1, 0.15) is 4.88 Å². The molecule has 0 atom stereocenters. The van der Waals surface area contributed by atoms with Crippen LogP contribution in [0.3, 0.4) is 0 Å². The van der Waals surface area contributed by atoms with Crippen LogP contribution in [0, 0.1) is 12.7 Å². The van der Waals surface area contributed by atoms with Gasteiger partial charge in [-0.15, -0.1) is 11.3 Å². The van der Waals surface area contributed by atoms with E-state index in [1.165, 1.54) is 29.8 Å². The van der Waals surface area contributed by atoms with Crippen LogP contribution in [0.2, 0.25) is 0 Å². The minimum atomic E-state index is -1.36. The van der Waals surface area contributed by atoms with Crippen molar-refractivity contribution in [3.63, 3.8) is 0 Å². The molecule has 1 aromatic carbocycles. The molecule has 0 bridgehead atoms. The largest absolute Gasteiger partial charge is 0.548 e. The van der Waals surface area contributed by atoms with Crippen molar-refractivity contribution in [2.75, 3.05) is 0 Å². The number of fused-ring (bicyclic) bond motifs is 1. The van der Waals surface area contributed by atoms with Gasteiger partial charge in [0.1, 0.15) is 10.6 Å². The van der Waals surface area contributed by atoms with Gasteiger partial charge in [0.05, 0.1) is 24.2 Å². The number of thiophene rings is 1. The molecule has 0 aliphatic carbocycles. The van der Waals surface area contributed by atoms with E-state index in [-0.39, 0.29) is 5.82 Å². The summed E-state index contributed by atoms with van der Waals surface area (Å²) in [5, 5.41) is 11.1. The van der Waals surface area contributed by atoms with E-state index >= 15 is 0 Å². The molecule has 0 saturated carbocycles. The van der Waals surface area contributed by atoms with Gasteiger partial charge in [0, 0.05) is 10.4 Å². The van der Waals surface area contributed by atoms with Crippen LogP contribution in [0.4, 0.5) is 4.39 Å². The molecule has 112 valence electrons. The molecular formula is C15H10FN2O3S-. The van der Waals surface area contributed by atoms with E-state index in [0.29, 0.717) is 21.3 Å². The first-order valence-electron chi connectivity index (χ1n) is 6.41. The number of rotatable bonds is 3. The summed E-state index contributed by atoms with van der Waals surface area (Å²) in [5.41, 5.74) is 0.901. The summed E-state index contributed by atoms with van der Waals surface area (Å²) in [6.45, 7) is 1.28. The summed E-state index contributed by atoms with van der Waals surface area (Å²) in [6, 6.07) is 5.79. The van der Waals surface area contributed by atoms with Crippen LogP contribution in [0.15, 0.2) is 35.4 Å². The van der Waals surface area contributed by atoms with Crippen LogP contribution < -0.4 is 10.7 Å². The number of halogens is 1. The fraction of sp³-hybridized carbons (Fsp3) is 0.133. The summed E-state index contributed by atoms with van der Waals surface area (Å²) >= 11 is 1.34.